The number of benzene rings is 15. The summed E-state index contributed by atoms with van der Waals surface area (Å²) in [5.74, 6) is -6.35. The van der Waals surface area contributed by atoms with E-state index >= 15 is 0 Å². The summed E-state index contributed by atoms with van der Waals surface area (Å²) in [4.78, 5) is 178. The zero-order valence-corrected chi connectivity index (χ0v) is 58.4. The van der Waals surface area contributed by atoms with Gasteiger partial charge in [0.1, 0.15) is 0 Å². The molecule has 6 aliphatic heterocycles. The second-order valence-corrected chi connectivity index (χ2v) is 27.7. The van der Waals surface area contributed by atoms with Crippen molar-refractivity contribution in [3.05, 3.63) is 232 Å². The Morgan fingerprint density at radius 2 is 0.402 bits per heavy atom. The fourth-order valence-corrected chi connectivity index (χ4v) is 17.9. The van der Waals surface area contributed by atoms with Gasteiger partial charge in [-0.15, -0.1) is 0 Å². The highest BCUT2D eigenvalue weighted by atomic mass is 16.2. The molecule has 0 saturated heterocycles. The van der Waals surface area contributed by atoms with Crippen molar-refractivity contribution in [1.29, 1.82) is 21.0 Å². The summed E-state index contributed by atoms with van der Waals surface area (Å²) in [5.41, 5.74) is 3.47. The molecule has 6 heterocycles. The second kappa shape index (κ2) is 21.8. The number of hydrogen-bond donors (Lipinski definition) is 0. The first kappa shape index (κ1) is 65.7. The Balaban J connectivity index is 0.000000113. The van der Waals surface area contributed by atoms with Gasteiger partial charge in [0.15, 0.2) is 22.7 Å². The summed E-state index contributed by atoms with van der Waals surface area (Å²) in [5, 5.41) is 50.8. The Morgan fingerprint density at radius 1 is 0.214 bits per heavy atom. The van der Waals surface area contributed by atoms with Gasteiger partial charge in [0.2, 0.25) is 0 Å². The Labute approximate surface area is 626 Å². The molecular weight excluding hydrogens is 1420 g/mol. The van der Waals surface area contributed by atoms with Crippen molar-refractivity contribution in [3.8, 4) is 24.3 Å². The molecule has 112 heavy (non-hydrogen) atoms. The van der Waals surface area contributed by atoms with Crippen LogP contribution in [-0.2, 0) is 0 Å². The van der Waals surface area contributed by atoms with Crippen LogP contribution in [-0.4, -0.2) is 143 Å². The first-order valence-electron chi connectivity index (χ1n) is 33.8. The molecule has 6 aliphatic rings. The average molecular weight is 1460 g/mol. The SMILES string of the molecule is [C-]#[N+]c1cc2c3c(cc(C#N)c4c5c(C#N)cc6c7c(cc([N+]#[C-])c(c1c34)c75)C(=O)N(C)C6=O)C(=O)N(C)C2=O.[C-]#[N+]c1cc2c3c(cc(C#N)c4c5ccc6c7c(ccc(c1c34)c75)C(=O)N(C)C6=O)C(=O)N(C)C2=O.[C-]#[N+]c1cc2c3c(ccc4c5c(C#N)cc6c7c(ccc(c1c34)c75)C(=O)N(C)C6=O)C(=O)N(C)C2=O. The van der Waals surface area contributed by atoms with Crippen molar-refractivity contribution in [2.75, 3.05) is 42.3 Å². The summed E-state index contributed by atoms with van der Waals surface area (Å²) in [6, 6.07) is 33.4. The highest BCUT2D eigenvalue weighted by Gasteiger charge is 2.43. The third-order valence-electron chi connectivity index (χ3n) is 22.8. The Hall–Kier alpha value is -17.0. The monoisotopic (exact) mass is 1450 g/mol. The van der Waals surface area contributed by atoms with Crippen LogP contribution in [0.25, 0.3) is 149 Å². The van der Waals surface area contributed by atoms with Crippen LogP contribution in [0, 0.1) is 71.6 Å². The molecular formula is C86H34N14O12. The van der Waals surface area contributed by atoms with Crippen LogP contribution in [0.2, 0.25) is 0 Å². The molecule has 12 amide bonds. The molecule has 520 valence electrons. The molecule has 0 aliphatic carbocycles. The molecule has 0 fully saturated rings. The van der Waals surface area contributed by atoms with E-state index in [4.69, 9.17) is 26.3 Å². The van der Waals surface area contributed by atoms with Crippen LogP contribution in [0.4, 0.5) is 22.7 Å². The Morgan fingerprint density at radius 3 is 0.688 bits per heavy atom. The molecule has 15 aromatic rings. The van der Waals surface area contributed by atoms with Gasteiger partial charge in [0.05, 0.1) is 72.8 Å². The fourth-order valence-electron chi connectivity index (χ4n) is 17.9. The number of nitriles is 4. The quantitative estimate of drug-likeness (QED) is 0.0589. The van der Waals surface area contributed by atoms with E-state index in [2.05, 4.69) is 43.7 Å². The number of amides is 12. The highest BCUT2D eigenvalue weighted by molar-refractivity contribution is 6.49. The molecule has 21 rings (SSSR count). The molecule has 26 nitrogen and oxygen atoms in total. The van der Waals surface area contributed by atoms with E-state index in [-0.39, 0.29) is 133 Å². The van der Waals surface area contributed by atoms with Crippen molar-refractivity contribution in [2.24, 2.45) is 0 Å². The van der Waals surface area contributed by atoms with E-state index in [0.717, 1.165) is 29.4 Å². The third kappa shape index (κ3) is 7.54. The molecule has 0 spiro atoms. The minimum Gasteiger partial charge on any atom is -0.278 e. The predicted molar refractivity (Wildman–Crippen MR) is 405 cm³/mol. The molecule has 0 N–H and O–H groups in total. The summed E-state index contributed by atoms with van der Waals surface area (Å²) in [6.45, 7) is 31.8. The zero-order chi connectivity index (χ0) is 78.8. The van der Waals surface area contributed by atoms with Crippen LogP contribution >= 0.6 is 0 Å². The smallest absolute Gasteiger partial charge is 0.261 e. The number of rotatable bonds is 0. The van der Waals surface area contributed by atoms with Crippen molar-refractivity contribution in [2.45, 2.75) is 0 Å². The molecule has 0 bridgehead atoms. The lowest BCUT2D eigenvalue weighted by Crippen LogP contribution is -2.37. The van der Waals surface area contributed by atoms with Gasteiger partial charge in [0.25, 0.3) is 70.9 Å². The summed E-state index contributed by atoms with van der Waals surface area (Å²) in [6.07, 6.45) is 0. The normalized spacial score (nSPS) is 14.7. The van der Waals surface area contributed by atoms with E-state index in [1.54, 1.807) is 48.5 Å². The van der Waals surface area contributed by atoms with Crippen LogP contribution in [0.5, 0.6) is 0 Å². The van der Waals surface area contributed by atoms with E-state index < -0.39 is 70.9 Å². The Kier molecular flexibility index (Phi) is 12.8. The number of fused-ring (bicyclic) bond motifs is 6. The minimum atomic E-state index is -0.636. The number of hydrogen-bond acceptors (Lipinski definition) is 16. The minimum absolute atomic E-state index is 0.00530. The largest absolute Gasteiger partial charge is 0.278 e. The molecule has 0 saturated carbocycles. The van der Waals surface area contributed by atoms with Crippen LogP contribution < -0.4 is 0 Å². The van der Waals surface area contributed by atoms with Crippen LogP contribution in [0.15, 0.2) is 97.1 Å². The number of carbonyl (C=O) groups is 12. The zero-order valence-electron chi connectivity index (χ0n) is 58.4. The van der Waals surface area contributed by atoms with Gasteiger partial charge in [-0.1, -0.05) is 24.3 Å². The van der Waals surface area contributed by atoms with E-state index in [0.29, 0.717) is 108 Å². The van der Waals surface area contributed by atoms with Gasteiger partial charge in [-0.3, -0.25) is 86.9 Å². The number of imide groups is 6. The lowest BCUT2D eigenvalue weighted by Gasteiger charge is -2.29. The van der Waals surface area contributed by atoms with Gasteiger partial charge in [0, 0.05) is 163 Å². The molecule has 15 aromatic carbocycles. The highest BCUT2D eigenvalue weighted by Crippen LogP contribution is 2.56. The maximum Gasteiger partial charge on any atom is 0.261 e. The standard InChI is InChI=1S/C30H10N6O4.2C28H12N4O4/c1-33-17-7-15-21-13(27(37)35(3)29(15)39)5-11(9-31)19-20-12(10-32)6-14-22-16(30(40)36(4)28(14)38)8-18(34-2)24(26(20)22)23(17)25(19)21;1-30-18-9-17-21-15(26(34)32(3)28(17)36)6-4-12-19-11(10-29)8-16-20-14(25(33)31(2)27(16)35)7-5-13(23(19)20)22(18)24(12)21;1-30-18-9-17-22-16(27(35)32(3)28(17)36)8-11(10-29)19-12-4-6-14-21-15(26(34)31(2)25(14)33)7-5-13(20(12)21)23(18)24(19)22/h5-8H,3-4H3;2*4-9H,2-3H3. The molecule has 0 aromatic heterocycles. The van der Waals surface area contributed by atoms with Crippen molar-refractivity contribution < 1.29 is 57.5 Å². The van der Waals surface area contributed by atoms with Gasteiger partial charge in [-0.2, -0.15) is 21.0 Å². The summed E-state index contributed by atoms with van der Waals surface area (Å²) in [7, 11) is 8.23. The average Bonchev–Trinajstić information content (AvgIpc) is 0.676. The molecule has 0 unspecified atom stereocenters. The van der Waals surface area contributed by atoms with Crippen molar-refractivity contribution in [3.63, 3.8) is 0 Å². The lowest BCUT2D eigenvalue weighted by molar-refractivity contribution is 0.0635. The molecule has 0 atom stereocenters. The number of carbonyl (C=O) groups excluding carboxylic acids is 12. The first-order valence-corrected chi connectivity index (χ1v) is 33.8. The first-order chi connectivity index (χ1) is 53.8. The van der Waals surface area contributed by atoms with E-state index in [1.165, 1.54) is 90.8 Å². The van der Waals surface area contributed by atoms with Gasteiger partial charge in [-0.25, -0.2) is 19.4 Å². The van der Waals surface area contributed by atoms with Gasteiger partial charge < -0.3 is 0 Å². The molecule has 0 radical (unpaired) electrons. The summed E-state index contributed by atoms with van der Waals surface area (Å²) < 4.78 is 0. The fraction of sp³-hybridized carbons (Fsp3) is 0.0698. The molecule has 26 heteroatoms. The van der Waals surface area contributed by atoms with E-state index in [1.807, 2.05) is 0 Å². The number of nitrogens with zero attached hydrogens (tertiary/aromatic N) is 14. The van der Waals surface area contributed by atoms with Crippen LogP contribution in [0.1, 0.15) is 147 Å². The summed E-state index contributed by atoms with van der Waals surface area (Å²) >= 11 is 0. The third-order valence-corrected chi connectivity index (χ3v) is 22.8. The second-order valence-electron chi connectivity index (χ2n) is 27.7. The van der Waals surface area contributed by atoms with Gasteiger partial charge >= 0.3 is 0 Å². The maximum absolute atomic E-state index is 13.2. The van der Waals surface area contributed by atoms with Crippen LogP contribution in [0.3, 0.4) is 0 Å². The van der Waals surface area contributed by atoms with Crippen molar-refractivity contribution in [1.82, 2.24) is 29.4 Å². The van der Waals surface area contributed by atoms with E-state index in [9.17, 15) is 78.6 Å². The lowest BCUT2D eigenvalue weighted by atomic mass is 9.78. The van der Waals surface area contributed by atoms with Crippen molar-refractivity contribution >= 4 is 223 Å². The van der Waals surface area contributed by atoms with Gasteiger partial charge in [-0.05, 0) is 148 Å². The maximum atomic E-state index is 13.2. The predicted octanol–water partition coefficient (Wildman–Crippen LogP) is 14.3. The topological polar surface area (TPSA) is 337 Å². The Bertz CT molecular complexity index is 7400.